The highest BCUT2D eigenvalue weighted by molar-refractivity contribution is 5.81. The Morgan fingerprint density at radius 1 is 1.29 bits per heavy atom. The van der Waals surface area contributed by atoms with Crippen molar-refractivity contribution in [1.29, 1.82) is 0 Å². The van der Waals surface area contributed by atoms with E-state index in [9.17, 15) is 4.79 Å². The third kappa shape index (κ3) is 4.21. The van der Waals surface area contributed by atoms with Crippen molar-refractivity contribution in [1.82, 2.24) is 10.2 Å². The third-order valence-electron chi connectivity index (χ3n) is 5.29. The van der Waals surface area contributed by atoms with Crippen molar-refractivity contribution < 1.29 is 4.79 Å². The number of carbonyl (C=O) groups is 1. The van der Waals surface area contributed by atoms with Crippen LogP contribution in [0.2, 0.25) is 0 Å². The molecule has 1 N–H and O–H groups in total. The van der Waals surface area contributed by atoms with E-state index >= 15 is 0 Å². The zero-order valence-electron chi connectivity index (χ0n) is 14.6. The molecule has 2 fully saturated rings. The number of piperidine rings is 1. The van der Waals surface area contributed by atoms with Gasteiger partial charge in [0, 0.05) is 30.6 Å². The standard InChI is InChI=1S/C18H34N2O/c1-6-16(14-8-7-9-14)20-11-13(2)10-15(12-20)19-17(21)18(3,4)5/h13-16H,6-12H2,1-5H3,(H,19,21). The molecule has 3 heteroatoms. The Balaban J connectivity index is 1.96. The molecule has 21 heavy (non-hydrogen) atoms. The smallest absolute Gasteiger partial charge is 0.225 e. The van der Waals surface area contributed by atoms with Gasteiger partial charge in [0.2, 0.25) is 5.91 Å². The van der Waals surface area contributed by atoms with Crippen LogP contribution in [0.4, 0.5) is 0 Å². The molecule has 1 amide bonds. The zero-order chi connectivity index (χ0) is 15.6. The molecule has 0 radical (unpaired) electrons. The van der Waals surface area contributed by atoms with Gasteiger partial charge in [-0.05, 0) is 37.5 Å². The monoisotopic (exact) mass is 294 g/mol. The Kier molecular flexibility index (Phi) is 5.34. The molecule has 3 atom stereocenters. The summed E-state index contributed by atoms with van der Waals surface area (Å²) in [5.74, 6) is 1.77. The van der Waals surface area contributed by atoms with E-state index in [-0.39, 0.29) is 11.3 Å². The number of hydrogen-bond donors (Lipinski definition) is 1. The number of carbonyl (C=O) groups excluding carboxylic acids is 1. The fourth-order valence-corrected chi connectivity index (χ4v) is 3.88. The SMILES string of the molecule is CCC(C1CCC1)N1CC(C)CC(NC(=O)C(C)(C)C)C1. The summed E-state index contributed by atoms with van der Waals surface area (Å²) in [6.45, 7) is 12.9. The van der Waals surface area contributed by atoms with Gasteiger partial charge in [-0.15, -0.1) is 0 Å². The minimum absolute atomic E-state index is 0.193. The van der Waals surface area contributed by atoms with Crippen LogP contribution in [0.15, 0.2) is 0 Å². The van der Waals surface area contributed by atoms with Crippen LogP contribution in [0, 0.1) is 17.3 Å². The normalized spacial score (nSPS) is 29.8. The number of amides is 1. The highest BCUT2D eigenvalue weighted by atomic mass is 16.2. The van der Waals surface area contributed by atoms with Crippen LogP contribution in [-0.4, -0.2) is 36.0 Å². The number of nitrogens with zero attached hydrogens (tertiary/aromatic N) is 1. The molecule has 0 aromatic carbocycles. The van der Waals surface area contributed by atoms with Crippen LogP contribution in [-0.2, 0) is 4.79 Å². The molecule has 3 unspecified atom stereocenters. The van der Waals surface area contributed by atoms with E-state index in [1.807, 2.05) is 20.8 Å². The highest BCUT2D eigenvalue weighted by Crippen LogP contribution is 2.35. The molecule has 2 rings (SSSR count). The van der Waals surface area contributed by atoms with E-state index in [0.717, 1.165) is 24.9 Å². The zero-order valence-corrected chi connectivity index (χ0v) is 14.6. The van der Waals surface area contributed by atoms with Crippen molar-refractivity contribution in [2.45, 2.75) is 78.8 Å². The van der Waals surface area contributed by atoms with E-state index in [1.54, 1.807) is 0 Å². The van der Waals surface area contributed by atoms with Gasteiger partial charge < -0.3 is 5.32 Å². The number of likely N-dealkylation sites (tertiary alicyclic amines) is 1. The lowest BCUT2D eigenvalue weighted by molar-refractivity contribution is -0.130. The first kappa shape index (κ1) is 16.8. The van der Waals surface area contributed by atoms with Gasteiger partial charge in [-0.1, -0.05) is 41.0 Å². The van der Waals surface area contributed by atoms with Crippen molar-refractivity contribution in [3.8, 4) is 0 Å². The summed E-state index contributed by atoms with van der Waals surface area (Å²) in [5, 5.41) is 3.29. The molecule has 1 aliphatic heterocycles. The van der Waals surface area contributed by atoms with Crippen molar-refractivity contribution >= 4 is 5.91 Å². The minimum Gasteiger partial charge on any atom is -0.352 e. The van der Waals surface area contributed by atoms with Gasteiger partial charge in [-0.25, -0.2) is 0 Å². The number of hydrogen-bond acceptors (Lipinski definition) is 2. The van der Waals surface area contributed by atoms with Crippen molar-refractivity contribution in [2.24, 2.45) is 17.3 Å². The molecule has 0 spiro atoms. The van der Waals surface area contributed by atoms with Gasteiger partial charge in [0.05, 0.1) is 0 Å². The van der Waals surface area contributed by atoms with Crippen LogP contribution in [0.3, 0.4) is 0 Å². The predicted octanol–water partition coefficient (Wildman–Crippen LogP) is 3.44. The summed E-state index contributed by atoms with van der Waals surface area (Å²) in [6, 6.07) is 1.06. The fourth-order valence-electron chi connectivity index (χ4n) is 3.88. The molecule has 0 aromatic rings. The molecule has 1 saturated carbocycles. The lowest BCUT2D eigenvalue weighted by atomic mass is 9.77. The Morgan fingerprint density at radius 2 is 1.95 bits per heavy atom. The lowest BCUT2D eigenvalue weighted by Gasteiger charge is -2.46. The molecule has 2 aliphatic rings. The molecule has 0 aromatic heterocycles. The van der Waals surface area contributed by atoms with E-state index in [0.29, 0.717) is 12.0 Å². The third-order valence-corrected chi connectivity index (χ3v) is 5.29. The average molecular weight is 294 g/mol. The molecule has 1 aliphatic carbocycles. The second kappa shape index (κ2) is 6.68. The van der Waals surface area contributed by atoms with Gasteiger partial charge >= 0.3 is 0 Å². The van der Waals surface area contributed by atoms with Crippen molar-refractivity contribution in [3.63, 3.8) is 0 Å². The fraction of sp³-hybridized carbons (Fsp3) is 0.944. The minimum atomic E-state index is -0.288. The molecular weight excluding hydrogens is 260 g/mol. The number of nitrogens with one attached hydrogen (secondary N) is 1. The maximum atomic E-state index is 12.3. The molecular formula is C18H34N2O. The molecule has 3 nitrogen and oxygen atoms in total. The quantitative estimate of drug-likeness (QED) is 0.861. The molecule has 1 heterocycles. The Labute approximate surface area is 130 Å². The summed E-state index contributed by atoms with van der Waals surface area (Å²) in [5.41, 5.74) is -0.288. The van der Waals surface area contributed by atoms with Crippen LogP contribution in [0.1, 0.15) is 66.7 Å². The summed E-state index contributed by atoms with van der Waals surface area (Å²) in [6.07, 6.45) is 6.59. The molecule has 0 bridgehead atoms. The largest absolute Gasteiger partial charge is 0.352 e. The Bertz CT molecular complexity index is 357. The molecule has 122 valence electrons. The van der Waals surface area contributed by atoms with Crippen molar-refractivity contribution in [2.75, 3.05) is 13.1 Å². The van der Waals surface area contributed by atoms with Gasteiger partial charge in [0.1, 0.15) is 0 Å². The summed E-state index contributed by atoms with van der Waals surface area (Å²) < 4.78 is 0. The van der Waals surface area contributed by atoms with E-state index in [2.05, 4.69) is 24.1 Å². The second-order valence-electron chi connectivity index (χ2n) is 8.38. The summed E-state index contributed by atoms with van der Waals surface area (Å²) >= 11 is 0. The van der Waals surface area contributed by atoms with E-state index in [4.69, 9.17) is 0 Å². The lowest BCUT2D eigenvalue weighted by Crippen LogP contribution is -2.56. The van der Waals surface area contributed by atoms with E-state index in [1.165, 1.54) is 32.2 Å². The first-order valence-corrected chi connectivity index (χ1v) is 8.86. The average Bonchev–Trinajstić information content (AvgIpc) is 2.31. The Morgan fingerprint density at radius 3 is 2.43 bits per heavy atom. The first-order chi connectivity index (χ1) is 9.81. The van der Waals surface area contributed by atoms with Gasteiger partial charge in [-0.2, -0.15) is 0 Å². The van der Waals surface area contributed by atoms with Crippen LogP contribution < -0.4 is 5.32 Å². The summed E-state index contributed by atoms with van der Waals surface area (Å²) in [4.78, 5) is 14.9. The maximum absolute atomic E-state index is 12.3. The maximum Gasteiger partial charge on any atom is 0.225 e. The van der Waals surface area contributed by atoms with Gasteiger partial charge in [0.15, 0.2) is 0 Å². The number of rotatable bonds is 4. The van der Waals surface area contributed by atoms with Crippen LogP contribution in [0.5, 0.6) is 0 Å². The summed E-state index contributed by atoms with van der Waals surface area (Å²) in [7, 11) is 0. The van der Waals surface area contributed by atoms with Crippen LogP contribution in [0.25, 0.3) is 0 Å². The second-order valence-corrected chi connectivity index (χ2v) is 8.38. The van der Waals surface area contributed by atoms with Gasteiger partial charge in [0.25, 0.3) is 0 Å². The first-order valence-electron chi connectivity index (χ1n) is 8.86. The topological polar surface area (TPSA) is 32.3 Å². The highest BCUT2D eigenvalue weighted by Gasteiger charge is 2.36. The predicted molar refractivity (Wildman–Crippen MR) is 88.2 cm³/mol. The molecule has 1 saturated heterocycles. The van der Waals surface area contributed by atoms with Gasteiger partial charge in [-0.3, -0.25) is 9.69 Å². The van der Waals surface area contributed by atoms with Crippen LogP contribution >= 0.6 is 0 Å². The van der Waals surface area contributed by atoms with E-state index < -0.39 is 0 Å². The Hall–Kier alpha value is -0.570. The van der Waals surface area contributed by atoms with Crippen molar-refractivity contribution in [3.05, 3.63) is 0 Å².